The smallest absolute Gasteiger partial charge is 0.0724 e. The highest BCUT2D eigenvalue weighted by Crippen LogP contribution is 2.19. The molecular formula is C13H28N2O. The van der Waals surface area contributed by atoms with E-state index < -0.39 is 0 Å². The van der Waals surface area contributed by atoms with Crippen molar-refractivity contribution in [2.75, 3.05) is 39.8 Å². The van der Waals surface area contributed by atoms with Gasteiger partial charge in [0, 0.05) is 13.7 Å². The maximum atomic E-state index is 5.52. The number of nitrogens with one attached hydrogen (secondary N) is 1. The normalized spacial score (nSPS) is 27.2. The van der Waals surface area contributed by atoms with Crippen molar-refractivity contribution in [3.8, 4) is 0 Å². The molecule has 0 aromatic carbocycles. The summed E-state index contributed by atoms with van der Waals surface area (Å²) in [4.78, 5) is 2.54. The van der Waals surface area contributed by atoms with E-state index in [-0.39, 0.29) is 0 Å². The summed E-state index contributed by atoms with van der Waals surface area (Å²) in [5.74, 6) is 0.722. The maximum Gasteiger partial charge on any atom is 0.0724 e. The number of hydrogen-bond acceptors (Lipinski definition) is 3. The van der Waals surface area contributed by atoms with E-state index in [0.717, 1.165) is 25.6 Å². The molecule has 2 atom stereocenters. The molecular weight excluding hydrogens is 200 g/mol. The van der Waals surface area contributed by atoms with E-state index >= 15 is 0 Å². The fourth-order valence-corrected chi connectivity index (χ4v) is 2.34. The summed E-state index contributed by atoms with van der Waals surface area (Å²) in [5.41, 5.74) is 0. The van der Waals surface area contributed by atoms with Gasteiger partial charge in [-0.15, -0.1) is 0 Å². The van der Waals surface area contributed by atoms with Crippen LogP contribution in [0.1, 0.15) is 33.1 Å². The minimum Gasteiger partial charge on any atom is -0.380 e. The lowest BCUT2D eigenvalue weighted by molar-refractivity contribution is -0.00505. The molecule has 0 saturated carbocycles. The van der Waals surface area contributed by atoms with E-state index in [0.29, 0.717) is 6.10 Å². The first-order chi connectivity index (χ1) is 7.77. The highest BCUT2D eigenvalue weighted by molar-refractivity contribution is 4.78. The lowest BCUT2D eigenvalue weighted by Crippen LogP contribution is -2.44. The molecule has 0 bridgehead atoms. The van der Waals surface area contributed by atoms with Gasteiger partial charge in [0.05, 0.1) is 6.10 Å². The summed E-state index contributed by atoms with van der Waals surface area (Å²) in [7, 11) is 1.84. The van der Waals surface area contributed by atoms with E-state index in [1.165, 1.54) is 32.4 Å². The highest BCUT2D eigenvalue weighted by atomic mass is 16.5. The zero-order valence-corrected chi connectivity index (χ0v) is 11.2. The Kier molecular flexibility index (Phi) is 7.01. The number of nitrogens with zero attached hydrogens (tertiary/aromatic N) is 1. The number of likely N-dealkylation sites (tertiary alicyclic amines) is 1. The molecule has 0 aromatic rings. The maximum absolute atomic E-state index is 5.52. The molecule has 1 rings (SSSR count). The van der Waals surface area contributed by atoms with Crippen LogP contribution in [0.4, 0.5) is 0 Å². The van der Waals surface area contributed by atoms with Gasteiger partial charge in [-0.3, -0.25) is 0 Å². The Hall–Kier alpha value is -0.120. The van der Waals surface area contributed by atoms with Crippen LogP contribution in [-0.2, 0) is 4.74 Å². The van der Waals surface area contributed by atoms with Gasteiger partial charge in [0.2, 0.25) is 0 Å². The average Bonchev–Trinajstić information content (AvgIpc) is 2.31. The fourth-order valence-electron chi connectivity index (χ4n) is 2.34. The van der Waals surface area contributed by atoms with Crippen LogP contribution in [0.5, 0.6) is 0 Å². The van der Waals surface area contributed by atoms with Crippen LogP contribution in [-0.4, -0.2) is 50.8 Å². The number of ether oxygens (including phenoxy) is 1. The lowest BCUT2D eigenvalue weighted by Gasteiger charge is -2.36. The molecule has 1 heterocycles. The van der Waals surface area contributed by atoms with Crippen LogP contribution < -0.4 is 5.32 Å². The molecule has 3 nitrogen and oxygen atoms in total. The van der Waals surface area contributed by atoms with Gasteiger partial charge in [0.15, 0.2) is 0 Å². The molecule has 0 aliphatic carbocycles. The Morgan fingerprint density at radius 3 is 2.88 bits per heavy atom. The molecule has 2 unspecified atom stereocenters. The van der Waals surface area contributed by atoms with Crippen molar-refractivity contribution in [1.29, 1.82) is 0 Å². The summed E-state index contributed by atoms with van der Waals surface area (Å²) >= 11 is 0. The van der Waals surface area contributed by atoms with Crippen molar-refractivity contribution >= 4 is 0 Å². The van der Waals surface area contributed by atoms with E-state index in [1.807, 2.05) is 7.11 Å². The summed E-state index contributed by atoms with van der Waals surface area (Å²) in [6.07, 6.45) is 4.20. The summed E-state index contributed by atoms with van der Waals surface area (Å²) < 4.78 is 5.52. The third kappa shape index (κ3) is 4.81. The predicted octanol–water partition coefficient (Wildman–Crippen LogP) is 1.73. The first-order valence-electron chi connectivity index (χ1n) is 6.73. The highest BCUT2D eigenvalue weighted by Gasteiger charge is 2.25. The third-order valence-corrected chi connectivity index (χ3v) is 3.53. The van der Waals surface area contributed by atoms with Crippen molar-refractivity contribution in [2.24, 2.45) is 5.92 Å². The molecule has 1 aliphatic rings. The molecule has 3 heteroatoms. The van der Waals surface area contributed by atoms with E-state index in [2.05, 4.69) is 24.1 Å². The van der Waals surface area contributed by atoms with Gasteiger partial charge in [-0.05, 0) is 51.4 Å². The molecule has 1 N–H and O–H groups in total. The van der Waals surface area contributed by atoms with E-state index in [1.54, 1.807) is 0 Å². The van der Waals surface area contributed by atoms with Crippen LogP contribution in [0, 0.1) is 5.92 Å². The largest absolute Gasteiger partial charge is 0.380 e. The van der Waals surface area contributed by atoms with Crippen molar-refractivity contribution in [2.45, 2.75) is 39.2 Å². The molecule has 1 saturated heterocycles. The monoisotopic (exact) mass is 228 g/mol. The molecule has 1 aliphatic heterocycles. The summed E-state index contributed by atoms with van der Waals surface area (Å²) in [6.45, 7) is 10.4. The Morgan fingerprint density at radius 2 is 2.19 bits per heavy atom. The van der Waals surface area contributed by atoms with Crippen molar-refractivity contribution < 1.29 is 4.74 Å². The molecule has 0 spiro atoms. The second kappa shape index (κ2) is 8.04. The summed E-state index contributed by atoms with van der Waals surface area (Å²) in [6, 6.07) is 0. The van der Waals surface area contributed by atoms with Crippen LogP contribution in [0.3, 0.4) is 0 Å². The fraction of sp³-hybridized carbons (Fsp3) is 1.00. The number of rotatable bonds is 7. The number of methoxy groups -OCH3 is 1. The molecule has 0 radical (unpaired) electrons. The SMILES string of the molecule is CCCNCCCN1CCC(C)C(OC)C1. The van der Waals surface area contributed by atoms with Gasteiger partial charge < -0.3 is 15.0 Å². The first-order valence-corrected chi connectivity index (χ1v) is 6.73. The standard InChI is InChI=1S/C13H28N2O/c1-4-7-14-8-5-9-15-10-6-12(2)13(11-15)16-3/h12-14H,4-11H2,1-3H3. The van der Waals surface area contributed by atoms with E-state index in [4.69, 9.17) is 4.74 Å². The quantitative estimate of drug-likeness (QED) is 0.672. The molecule has 0 aromatic heterocycles. The second-order valence-corrected chi connectivity index (χ2v) is 4.94. The van der Waals surface area contributed by atoms with Crippen molar-refractivity contribution in [3.05, 3.63) is 0 Å². The summed E-state index contributed by atoms with van der Waals surface area (Å²) in [5, 5.41) is 3.45. The van der Waals surface area contributed by atoms with Crippen molar-refractivity contribution in [1.82, 2.24) is 10.2 Å². The molecule has 96 valence electrons. The zero-order chi connectivity index (χ0) is 11.8. The number of hydrogen-bond donors (Lipinski definition) is 1. The molecule has 1 fully saturated rings. The van der Waals surface area contributed by atoms with Gasteiger partial charge in [-0.1, -0.05) is 13.8 Å². The topological polar surface area (TPSA) is 24.5 Å². The Balaban J connectivity index is 2.08. The Morgan fingerprint density at radius 1 is 1.38 bits per heavy atom. The average molecular weight is 228 g/mol. The van der Waals surface area contributed by atoms with Crippen LogP contribution >= 0.6 is 0 Å². The van der Waals surface area contributed by atoms with Crippen LogP contribution in [0.2, 0.25) is 0 Å². The molecule has 16 heavy (non-hydrogen) atoms. The minimum absolute atomic E-state index is 0.442. The van der Waals surface area contributed by atoms with E-state index in [9.17, 15) is 0 Å². The van der Waals surface area contributed by atoms with Crippen LogP contribution in [0.15, 0.2) is 0 Å². The van der Waals surface area contributed by atoms with Gasteiger partial charge in [-0.2, -0.15) is 0 Å². The Bertz CT molecular complexity index is 175. The van der Waals surface area contributed by atoms with Gasteiger partial charge in [0.25, 0.3) is 0 Å². The minimum atomic E-state index is 0.442. The number of piperidine rings is 1. The van der Waals surface area contributed by atoms with Crippen molar-refractivity contribution in [3.63, 3.8) is 0 Å². The first kappa shape index (κ1) is 13.9. The molecule has 0 amide bonds. The predicted molar refractivity (Wildman–Crippen MR) is 68.8 cm³/mol. The van der Waals surface area contributed by atoms with Gasteiger partial charge >= 0.3 is 0 Å². The van der Waals surface area contributed by atoms with Crippen LogP contribution in [0.25, 0.3) is 0 Å². The zero-order valence-electron chi connectivity index (χ0n) is 11.2. The second-order valence-electron chi connectivity index (χ2n) is 4.94. The Labute approximate surface area is 101 Å². The lowest BCUT2D eigenvalue weighted by atomic mass is 9.96. The van der Waals surface area contributed by atoms with Gasteiger partial charge in [-0.25, -0.2) is 0 Å². The van der Waals surface area contributed by atoms with Gasteiger partial charge in [0.1, 0.15) is 0 Å². The third-order valence-electron chi connectivity index (χ3n) is 3.53.